The Kier molecular flexibility index (Phi) is 6.54. The molecule has 0 spiro atoms. The van der Waals surface area contributed by atoms with E-state index in [0.717, 1.165) is 25.8 Å². The molecule has 0 unspecified atom stereocenters. The molecule has 19 heavy (non-hydrogen) atoms. The summed E-state index contributed by atoms with van der Waals surface area (Å²) >= 11 is 0. The highest BCUT2D eigenvalue weighted by Crippen LogP contribution is 2.18. The van der Waals surface area contributed by atoms with Crippen molar-refractivity contribution in [2.24, 2.45) is 0 Å². The maximum Gasteiger partial charge on any atom is 0.276 e. The highest BCUT2D eigenvalue weighted by molar-refractivity contribution is 7.89. The fraction of sp³-hybridized carbons (Fsp3) is 0.692. The molecule has 0 fully saturated rings. The van der Waals surface area contributed by atoms with Gasteiger partial charge in [0.05, 0.1) is 6.54 Å². The highest BCUT2D eigenvalue weighted by Gasteiger charge is 2.23. The largest absolute Gasteiger partial charge is 0.447 e. The van der Waals surface area contributed by atoms with Crippen molar-refractivity contribution in [2.45, 2.75) is 44.7 Å². The van der Waals surface area contributed by atoms with Crippen LogP contribution in [-0.2, 0) is 16.6 Å². The van der Waals surface area contributed by atoms with Crippen LogP contribution in [-0.4, -0.2) is 32.9 Å². The predicted molar refractivity (Wildman–Crippen MR) is 75.4 cm³/mol. The van der Waals surface area contributed by atoms with Crippen molar-refractivity contribution in [1.82, 2.24) is 9.62 Å². The Balaban J connectivity index is 2.68. The molecule has 1 rings (SSSR count). The van der Waals surface area contributed by atoms with Crippen molar-refractivity contribution < 1.29 is 12.8 Å². The Morgan fingerprint density at radius 3 is 2.63 bits per heavy atom. The monoisotopic (exact) mass is 288 g/mol. The quantitative estimate of drug-likeness (QED) is 0.708. The van der Waals surface area contributed by atoms with Gasteiger partial charge in [0.25, 0.3) is 10.0 Å². The van der Waals surface area contributed by atoms with Gasteiger partial charge in [-0.15, -0.1) is 0 Å². The summed E-state index contributed by atoms with van der Waals surface area (Å²) in [7, 11) is -1.90. The Morgan fingerprint density at radius 1 is 1.26 bits per heavy atom. The van der Waals surface area contributed by atoms with E-state index in [1.807, 2.05) is 6.92 Å². The van der Waals surface area contributed by atoms with E-state index >= 15 is 0 Å². The first kappa shape index (κ1) is 16.2. The summed E-state index contributed by atoms with van der Waals surface area (Å²) in [6.07, 6.45) is 2.84. The average Bonchev–Trinajstić information content (AvgIpc) is 2.85. The first-order valence-corrected chi connectivity index (χ1v) is 8.22. The summed E-state index contributed by atoms with van der Waals surface area (Å²) in [4.78, 5) is 0. The van der Waals surface area contributed by atoms with Gasteiger partial charge < -0.3 is 9.73 Å². The van der Waals surface area contributed by atoms with Crippen LogP contribution in [0.4, 0.5) is 0 Å². The number of furan rings is 1. The molecule has 0 amide bonds. The third-order valence-electron chi connectivity index (χ3n) is 2.85. The van der Waals surface area contributed by atoms with Crippen molar-refractivity contribution in [2.75, 3.05) is 20.1 Å². The van der Waals surface area contributed by atoms with Crippen LogP contribution in [0.1, 0.15) is 38.9 Å². The maximum atomic E-state index is 12.2. The van der Waals surface area contributed by atoms with Gasteiger partial charge >= 0.3 is 0 Å². The number of hydrogen-bond acceptors (Lipinski definition) is 4. The third kappa shape index (κ3) is 4.63. The van der Waals surface area contributed by atoms with Gasteiger partial charge in [0.15, 0.2) is 0 Å². The molecule has 0 aliphatic carbocycles. The standard InChI is InChI=1S/C13H24N2O3S/c1-4-6-10-15(3)19(16,17)13-8-7-12(18-13)11-14-9-5-2/h7-8,14H,4-6,9-11H2,1-3H3. The van der Waals surface area contributed by atoms with E-state index in [0.29, 0.717) is 18.8 Å². The van der Waals surface area contributed by atoms with Crippen molar-refractivity contribution in [3.05, 3.63) is 17.9 Å². The molecule has 0 aliphatic rings. The Labute approximate surface area is 116 Å². The Hall–Kier alpha value is -0.850. The second-order valence-corrected chi connectivity index (χ2v) is 6.55. The lowest BCUT2D eigenvalue weighted by molar-refractivity contribution is 0.379. The van der Waals surface area contributed by atoms with E-state index in [4.69, 9.17) is 4.42 Å². The molecule has 110 valence electrons. The van der Waals surface area contributed by atoms with Gasteiger partial charge in [0.2, 0.25) is 5.09 Å². The van der Waals surface area contributed by atoms with Crippen molar-refractivity contribution in [3.8, 4) is 0 Å². The molecule has 5 nitrogen and oxygen atoms in total. The van der Waals surface area contributed by atoms with Gasteiger partial charge in [0.1, 0.15) is 5.76 Å². The van der Waals surface area contributed by atoms with Gasteiger partial charge in [-0.25, -0.2) is 8.42 Å². The van der Waals surface area contributed by atoms with Crippen molar-refractivity contribution in [3.63, 3.8) is 0 Å². The minimum atomic E-state index is -3.48. The molecular formula is C13H24N2O3S. The number of rotatable bonds is 9. The molecule has 0 atom stereocenters. The molecule has 6 heteroatoms. The summed E-state index contributed by atoms with van der Waals surface area (Å²) in [5.41, 5.74) is 0. The van der Waals surface area contributed by atoms with Gasteiger partial charge in [-0.2, -0.15) is 4.31 Å². The maximum absolute atomic E-state index is 12.2. The molecule has 1 aromatic heterocycles. The van der Waals surface area contributed by atoms with Crippen LogP contribution in [0.25, 0.3) is 0 Å². The van der Waals surface area contributed by atoms with Crippen LogP contribution >= 0.6 is 0 Å². The highest BCUT2D eigenvalue weighted by atomic mass is 32.2. The lowest BCUT2D eigenvalue weighted by Crippen LogP contribution is -2.27. The molecule has 0 bridgehead atoms. The minimum Gasteiger partial charge on any atom is -0.447 e. The fourth-order valence-corrected chi connectivity index (χ4v) is 2.76. The second-order valence-electron chi connectivity index (χ2n) is 4.58. The summed E-state index contributed by atoms with van der Waals surface area (Å²) in [5.74, 6) is 0.649. The van der Waals surface area contributed by atoms with E-state index in [2.05, 4.69) is 12.2 Å². The zero-order valence-corrected chi connectivity index (χ0v) is 12.8. The number of nitrogens with one attached hydrogen (secondary N) is 1. The Morgan fingerprint density at radius 2 is 2.00 bits per heavy atom. The molecule has 1 aromatic rings. The number of sulfonamides is 1. The van der Waals surface area contributed by atoms with Gasteiger partial charge in [-0.1, -0.05) is 20.3 Å². The molecule has 0 aromatic carbocycles. The third-order valence-corrected chi connectivity index (χ3v) is 4.59. The van der Waals surface area contributed by atoms with Crippen molar-refractivity contribution >= 4 is 10.0 Å². The topological polar surface area (TPSA) is 62.6 Å². The van der Waals surface area contributed by atoms with Gasteiger partial charge in [-0.3, -0.25) is 0 Å². The van der Waals surface area contributed by atoms with E-state index in [9.17, 15) is 8.42 Å². The normalized spacial score (nSPS) is 12.2. The van der Waals surface area contributed by atoms with E-state index < -0.39 is 10.0 Å². The number of hydrogen-bond donors (Lipinski definition) is 1. The summed E-state index contributed by atoms with van der Waals surface area (Å²) in [5, 5.41) is 3.20. The molecule has 0 aliphatic heterocycles. The van der Waals surface area contributed by atoms with Gasteiger partial charge in [0, 0.05) is 13.6 Å². The predicted octanol–water partition coefficient (Wildman–Crippen LogP) is 2.20. The zero-order valence-electron chi connectivity index (χ0n) is 12.0. The van der Waals surface area contributed by atoms with Crippen LogP contribution in [0.15, 0.2) is 21.6 Å². The zero-order chi connectivity index (χ0) is 14.3. The minimum absolute atomic E-state index is 0.0272. The number of nitrogens with zero attached hydrogens (tertiary/aromatic N) is 1. The second kappa shape index (κ2) is 7.67. The molecular weight excluding hydrogens is 264 g/mol. The smallest absolute Gasteiger partial charge is 0.276 e. The molecule has 0 radical (unpaired) electrons. The average molecular weight is 288 g/mol. The first-order valence-electron chi connectivity index (χ1n) is 6.78. The fourth-order valence-electron chi connectivity index (χ4n) is 1.63. The lowest BCUT2D eigenvalue weighted by Gasteiger charge is -2.14. The van der Waals surface area contributed by atoms with E-state index in [1.165, 1.54) is 10.4 Å². The van der Waals surface area contributed by atoms with E-state index in [-0.39, 0.29) is 5.09 Å². The first-order chi connectivity index (χ1) is 9.02. The van der Waals surface area contributed by atoms with E-state index in [1.54, 1.807) is 13.1 Å². The van der Waals surface area contributed by atoms with Crippen LogP contribution in [0.5, 0.6) is 0 Å². The summed E-state index contributed by atoms with van der Waals surface area (Å²) < 4.78 is 31.1. The summed E-state index contributed by atoms with van der Waals surface area (Å²) in [6.45, 7) is 6.07. The van der Waals surface area contributed by atoms with Crippen LogP contribution in [0.3, 0.4) is 0 Å². The molecule has 1 heterocycles. The van der Waals surface area contributed by atoms with Crippen molar-refractivity contribution in [1.29, 1.82) is 0 Å². The molecule has 1 N–H and O–H groups in total. The molecule has 0 saturated carbocycles. The lowest BCUT2D eigenvalue weighted by atomic mass is 10.3. The van der Waals surface area contributed by atoms with Crippen LogP contribution in [0, 0.1) is 0 Å². The van der Waals surface area contributed by atoms with Crippen LogP contribution < -0.4 is 5.32 Å². The van der Waals surface area contributed by atoms with Crippen LogP contribution in [0.2, 0.25) is 0 Å². The Bertz CT molecular complexity index is 468. The number of unbranched alkanes of at least 4 members (excludes halogenated alkanes) is 1. The molecule has 0 saturated heterocycles. The summed E-state index contributed by atoms with van der Waals surface area (Å²) in [6, 6.07) is 3.24. The van der Waals surface area contributed by atoms with Gasteiger partial charge in [-0.05, 0) is 31.5 Å². The SMILES string of the molecule is CCCCN(C)S(=O)(=O)c1ccc(CNCCC)o1.